The standard InChI is InChI=1S/C14H16O2S/c1-11(2)17(15,16)10-13-8-5-7-12-6-3-4-9-14(12)13/h3-9,11H,10H2,1-2H3. The molecule has 0 aliphatic rings. The van der Waals surface area contributed by atoms with Gasteiger partial charge in [0.1, 0.15) is 0 Å². The van der Waals surface area contributed by atoms with Crippen LogP contribution in [0.3, 0.4) is 0 Å². The molecule has 0 fully saturated rings. The highest BCUT2D eigenvalue weighted by molar-refractivity contribution is 7.91. The Kier molecular flexibility index (Phi) is 3.20. The van der Waals surface area contributed by atoms with Gasteiger partial charge in [0.05, 0.1) is 11.0 Å². The molecule has 0 aliphatic heterocycles. The molecule has 0 aliphatic carbocycles. The monoisotopic (exact) mass is 248 g/mol. The average Bonchev–Trinajstić information content (AvgIpc) is 2.29. The predicted molar refractivity (Wildman–Crippen MR) is 71.7 cm³/mol. The third-order valence-corrected chi connectivity index (χ3v) is 5.10. The molecule has 0 spiro atoms. The summed E-state index contributed by atoms with van der Waals surface area (Å²) in [7, 11) is -3.04. The lowest BCUT2D eigenvalue weighted by atomic mass is 10.1. The molecular formula is C14H16O2S. The number of hydrogen-bond acceptors (Lipinski definition) is 2. The van der Waals surface area contributed by atoms with Crippen LogP contribution in [0.15, 0.2) is 42.5 Å². The molecule has 0 unspecified atom stereocenters. The molecule has 3 heteroatoms. The van der Waals surface area contributed by atoms with E-state index >= 15 is 0 Å². The second-order valence-corrected chi connectivity index (χ2v) is 7.05. The summed E-state index contributed by atoms with van der Waals surface area (Å²) >= 11 is 0. The van der Waals surface area contributed by atoms with Gasteiger partial charge in [-0.15, -0.1) is 0 Å². The van der Waals surface area contributed by atoms with Crippen molar-refractivity contribution in [3.05, 3.63) is 48.0 Å². The van der Waals surface area contributed by atoms with E-state index in [2.05, 4.69) is 0 Å². The van der Waals surface area contributed by atoms with Gasteiger partial charge in [0.2, 0.25) is 0 Å². The Morgan fingerprint density at radius 2 is 1.65 bits per heavy atom. The van der Waals surface area contributed by atoms with Gasteiger partial charge in [0, 0.05) is 0 Å². The molecule has 0 atom stereocenters. The molecule has 0 saturated carbocycles. The maximum absolute atomic E-state index is 11.9. The molecule has 0 aromatic heterocycles. The number of hydrogen-bond donors (Lipinski definition) is 0. The number of fused-ring (bicyclic) bond motifs is 1. The van der Waals surface area contributed by atoms with Crippen molar-refractivity contribution < 1.29 is 8.42 Å². The van der Waals surface area contributed by atoms with Crippen molar-refractivity contribution in [3.63, 3.8) is 0 Å². The second-order valence-electron chi connectivity index (χ2n) is 4.49. The number of rotatable bonds is 3. The summed E-state index contributed by atoms with van der Waals surface area (Å²) in [5, 5.41) is 1.78. The summed E-state index contributed by atoms with van der Waals surface area (Å²) in [4.78, 5) is 0. The van der Waals surface area contributed by atoms with Crippen molar-refractivity contribution in [1.29, 1.82) is 0 Å². The third kappa shape index (κ3) is 2.50. The topological polar surface area (TPSA) is 34.1 Å². The molecule has 2 aromatic rings. The minimum Gasteiger partial charge on any atom is -0.228 e. The van der Waals surface area contributed by atoms with Crippen molar-refractivity contribution in [2.45, 2.75) is 24.9 Å². The van der Waals surface area contributed by atoms with Crippen LogP contribution in [0.2, 0.25) is 0 Å². The lowest BCUT2D eigenvalue weighted by molar-refractivity contribution is 0.586. The van der Waals surface area contributed by atoms with Crippen LogP contribution in [0.1, 0.15) is 19.4 Å². The van der Waals surface area contributed by atoms with Gasteiger partial charge in [0.15, 0.2) is 9.84 Å². The smallest absolute Gasteiger partial charge is 0.156 e. The van der Waals surface area contributed by atoms with E-state index in [0.29, 0.717) is 0 Å². The summed E-state index contributed by atoms with van der Waals surface area (Å²) in [6, 6.07) is 13.7. The molecule has 2 nitrogen and oxygen atoms in total. The number of benzene rings is 2. The molecule has 2 rings (SSSR count). The SMILES string of the molecule is CC(C)S(=O)(=O)Cc1cccc2ccccc12. The van der Waals surface area contributed by atoms with Gasteiger partial charge in [-0.3, -0.25) is 0 Å². The van der Waals surface area contributed by atoms with Crippen LogP contribution in [0.25, 0.3) is 10.8 Å². The minimum absolute atomic E-state index is 0.117. The fraction of sp³-hybridized carbons (Fsp3) is 0.286. The summed E-state index contributed by atoms with van der Waals surface area (Å²) in [5.41, 5.74) is 0.886. The van der Waals surface area contributed by atoms with Gasteiger partial charge >= 0.3 is 0 Å². The highest BCUT2D eigenvalue weighted by Gasteiger charge is 2.17. The van der Waals surface area contributed by atoms with Crippen LogP contribution < -0.4 is 0 Å². The summed E-state index contributed by atoms with van der Waals surface area (Å²) in [5.74, 6) is 0.117. The zero-order valence-electron chi connectivity index (χ0n) is 10.1. The summed E-state index contributed by atoms with van der Waals surface area (Å²) in [6.45, 7) is 3.45. The fourth-order valence-electron chi connectivity index (χ4n) is 1.80. The largest absolute Gasteiger partial charge is 0.228 e. The lowest BCUT2D eigenvalue weighted by Gasteiger charge is -2.10. The quantitative estimate of drug-likeness (QED) is 0.836. The van der Waals surface area contributed by atoms with Gasteiger partial charge in [-0.05, 0) is 30.2 Å². The molecule has 0 N–H and O–H groups in total. The van der Waals surface area contributed by atoms with E-state index in [4.69, 9.17) is 0 Å². The Bertz CT molecular complexity index is 622. The van der Waals surface area contributed by atoms with Crippen molar-refractivity contribution in [2.24, 2.45) is 0 Å². The molecule has 90 valence electrons. The third-order valence-electron chi connectivity index (χ3n) is 2.95. The van der Waals surface area contributed by atoms with E-state index < -0.39 is 9.84 Å². The van der Waals surface area contributed by atoms with Gasteiger partial charge in [-0.25, -0.2) is 8.42 Å². The molecule has 0 heterocycles. The zero-order valence-corrected chi connectivity index (χ0v) is 10.9. The summed E-state index contributed by atoms with van der Waals surface area (Å²) in [6.07, 6.45) is 0. The van der Waals surface area contributed by atoms with Gasteiger partial charge < -0.3 is 0 Å². The predicted octanol–water partition coefficient (Wildman–Crippen LogP) is 3.16. The molecule has 0 radical (unpaired) electrons. The highest BCUT2D eigenvalue weighted by Crippen LogP contribution is 2.21. The number of sulfone groups is 1. The Balaban J connectivity index is 2.50. The van der Waals surface area contributed by atoms with Gasteiger partial charge in [-0.1, -0.05) is 42.5 Å². The zero-order chi connectivity index (χ0) is 12.5. The molecule has 0 saturated heterocycles. The minimum atomic E-state index is -3.04. The van der Waals surface area contributed by atoms with E-state index in [9.17, 15) is 8.42 Å². The first kappa shape index (κ1) is 12.1. The van der Waals surface area contributed by atoms with E-state index in [-0.39, 0.29) is 11.0 Å². The highest BCUT2D eigenvalue weighted by atomic mass is 32.2. The first-order valence-corrected chi connectivity index (χ1v) is 7.40. The van der Waals surface area contributed by atoms with Crippen LogP contribution in [-0.2, 0) is 15.6 Å². The van der Waals surface area contributed by atoms with Crippen LogP contribution in [0.4, 0.5) is 0 Å². The Morgan fingerprint density at radius 1 is 1.00 bits per heavy atom. The molecule has 17 heavy (non-hydrogen) atoms. The maximum Gasteiger partial charge on any atom is 0.156 e. The van der Waals surface area contributed by atoms with E-state index in [0.717, 1.165) is 16.3 Å². The first-order valence-electron chi connectivity index (χ1n) is 5.69. The summed E-state index contributed by atoms with van der Waals surface area (Å²) < 4.78 is 23.9. The second kappa shape index (κ2) is 4.49. The van der Waals surface area contributed by atoms with E-state index in [1.165, 1.54) is 0 Å². The molecular weight excluding hydrogens is 232 g/mol. The van der Waals surface area contributed by atoms with Gasteiger partial charge in [-0.2, -0.15) is 0 Å². The van der Waals surface area contributed by atoms with Crippen molar-refractivity contribution in [3.8, 4) is 0 Å². The lowest BCUT2D eigenvalue weighted by Crippen LogP contribution is -2.16. The van der Waals surface area contributed by atoms with Crippen LogP contribution in [-0.4, -0.2) is 13.7 Å². The normalized spacial score (nSPS) is 12.2. The van der Waals surface area contributed by atoms with Crippen LogP contribution >= 0.6 is 0 Å². The first-order chi connectivity index (χ1) is 8.00. The Hall–Kier alpha value is -1.35. The fourth-order valence-corrected chi connectivity index (χ4v) is 2.82. The molecule has 0 amide bonds. The van der Waals surface area contributed by atoms with Gasteiger partial charge in [0.25, 0.3) is 0 Å². The average molecular weight is 248 g/mol. The molecule has 2 aromatic carbocycles. The maximum atomic E-state index is 11.9. The van der Waals surface area contributed by atoms with E-state index in [1.807, 2.05) is 42.5 Å². The Morgan fingerprint density at radius 3 is 2.35 bits per heavy atom. The van der Waals surface area contributed by atoms with Crippen LogP contribution in [0, 0.1) is 0 Å². The Labute approximate surface area is 102 Å². The molecule has 0 bridgehead atoms. The van der Waals surface area contributed by atoms with Crippen molar-refractivity contribution in [1.82, 2.24) is 0 Å². The van der Waals surface area contributed by atoms with E-state index in [1.54, 1.807) is 13.8 Å². The van der Waals surface area contributed by atoms with Crippen molar-refractivity contribution >= 4 is 20.6 Å². The van der Waals surface area contributed by atoms with Crippen molar-refractivity contribution in [2.75, 3.05) is 0 Å². The van der Waals surface area contributed by atoms with Crippen LogP contribution in [0.5, 0.6) is 0 Å².